The third-order valence-corrected chi connectivity index (χ3v) is 4.72. The first-order valence-electron chi connectivity index (χ1n) is 6.60. The van der Waals surface area contributed by atoms with Gasteiger partial charge in [0.05, 0.1) is 19.8 Å². The molecular formula is C15H17ClO3. The molecule has 4 heteroatoms. The summed E-state index contributed by atoms with van der Waals surface area (Å²) in [5.74, 6) is 2.84. The maximum atomic E-state index is 12.6. The predicted molar refractivity (Wildman–Crippen MR) is 73.2 cm³/mol. The Labute approximate surface area is 117 Å². The molecule has 1 aromatic rings. The van der Waals surface area contributed by atoms with Crippen molar-refractivity contribution in [2.24, 2.45) is 17.8 Å². The first-order valence-corrected chi connectivity index (χ1v) is 6.98. The Morgan fingerprint density at radius 3 is 2.42 bits per heavy atom. The number of hydrogen-bond donors (Lipinski definition) is 0. The van der Waals surface area contributed by atoms with Crippen molar-refractivity contribution in [2.75, 3.05) is 14.2 Å². The van der Waals surface area contributed by atoms with Crippen molar-refractivity contribution >= 4 is 17.4 Å². The van der Waals surface area contributed by atoms with Crippen LogP contribution in [0.5, 0.6) is 11.5 Å². The van der Waals surface area contributed by atoms with E-state index in [1.807, 2.05) is 0 Å². The summed E-state index contributed by atoms with van der Waals surface area (Å²) in [5, 5.41) is 0.374. The van der Waals surface area contributed by atoms with Crippen LogP contribution in [-0.2, 0) is 0 Å². The van der Waals surface area contributed by atoms with Crippen LogP contribution >= 0.6 is 11.6 Å². The minimum Gasteiger partial charge on any atom is -0.495 e. The number of benzene rings is 1. The Hall–Kier alpha value is -1.22. The molecule has 19 heavy (non-hydrogen) atoms. The molecule has 0 N–H and O–H groups in total. The summed E-state index contributed by atoms with van der Waals surface area (Å²) in [6.45, 7) is 0. The van der Waals surface area contributed by atoms with E-state index in [2.05, 4.69) is 0 Å². The third-order valence-electron chi connectivity index (χ3n) is 4.37. The van der Waals surface area contributed by atoms with Crippen LogP contribution in [0.25, 0.3) is 0 Å². The largest absolute Gasteiger partial charge is 0.495 e. The molecule has 0 spiro atoms. The van der Waals surface area contributed by atoms with Crippen molar-refractivity contribution < 1.29 is 14.3 Å². The number of carbonyl (C=O) groups is 1. The second-order valence-corrected chi connectivity index (χ2v) is 5.83. The Morgan fingerprint density at radius 2 is 1.84 bits per heavy atom. The highest BCUT2D eigenvalue weighted by molar-refractivity contribution is 6.34. The van der Waals surface area contributed by atoms with Gasteiger partial charge in [0, 0.05) is 5.92 Å². The second kappa shape index (κ2) is 4.71. The number of fused-ring (bicyclic) bond motifs is 1. The van der Waals surface area contributed by atoms with Gasteiger partial charge in [-0.1, -0.05) is 11.6 Å². The van der Waals surface area contributed by atoms with Crippen molar-refractivity contribution in [1.82, 2.24) is 0 Å². The highest BCUT2D eigenvalue weighted by Gasteiger charge is 2.48. The van der Waals surface area contributed by atoms with Gasteiger partial charge in [-0.15, -0.1) is 0 Å². The van der Waals surface area contributed by atoms with E-state index in [1.165, 1.54) is 13.5 Å². The van der Waals surface area contributed by atoms with Crippen LogP contribution in [0.1, 0.15) is 29.6 Å². The highest BCUT2D eigenvalue weighted by atomic mass is 35.5. The minimum atomic E-state index is 0.141. The topological polar surface area (TPSA) is 35.5 Å². The molecule has 102 valence electrons. The lowest BCUT2D eigenvalue weighted by atomic mass is 9.92. The van der Waals surface area contributed by atoms with Crippen molar-refractivity contribution in [3.05, 3.63) is 22.7 Å². The van der Waals surface area contributed by atoms with Gasteiger partial charge in [0.25, 0.3) is 0 Å². The molecule has 0 heterocycles. The summed E-state index contributed by atoms with van der Waals surface area (Å²) in [6.07, 6.45) is 3.36. The number of rotatable bonds is 4. The minimum absolute atomic E-state index is 0.141. The average Bonchev–Trinajstić information content (AvgIpc) is 3.04. The number of ether oxygens (including phenoxy) is 2. The van der Waals surface area contributed by atoms with Gasteiger partial charge >= 0.3 is 0 Å². The lowest BCUT2D eigenvalue weighted by molar-refractivity contribution is 0.0911. The molecule has 2 atom stereocenters. The van der Waals surface area contributed by atoms with Crippen LogP contribution < -0.4 is 9.47 Å². The SMILES string of the molecule is COc1ccc(C(=O)C2CC3CC3C2)c(OC)c1Cl. The van der Waals surface area contributed by atoms with Gasteiger partial charge in [-0.2, -0.15) is 0 Å². The standard InChI is InChI=1S/C15H17ClO3/c1-18-12-4-3-11(15(19-2)13(12)16)14(17)10-6-8-5-9(8)7-10/h3-4,8-10H,5-7H2,1-2H3. The molecule has 2 aliphatic rings. The quantitative estimate of drug-likeness (QED) is 0.791. The van der Waals surface area contributed by atoms with Crippen LogP contribution in [0.4, 0.5) is 0 Å². The molecule has 3 rings (SSSR count). The zero-order chi connectivity index (χ0) is 13.6. The van der Waals surface area contributed by atoms with E-state index in [1.54, 1.807) is 19.2 Å². The molecule has 0 aliphatic heterocycles. The summed E-state index contributed by atoms with van der Waals surface area (Å²) in [7, 11) is 3.08. The molecule has 0 amide bonds. The van der Waals surface area contributed by atoms with E-state index in [4.69, 9.17) is 21.1 Å². The highest BCUT2D eigenvalue weighted by Crippen LogP contribution is 2.55. The first-order chi connectivity index (χ1) is 9.15. The van der Waals surface area contributed by atoms with Gasteiger partial charge in [0.15, 0.2) is 11.5 Å². The number of hydrogen-bond acceptors (Lipinski definition) is 3. The van der Waals surface area contributed by atoms with Crippen LogP contribution in [0, 0.1) is 17.8 Å². The van der Waals surface area contributed by atoms with E-state index < -0.39 is 0 Å². The number of halogens is 1. The van der Waals surface area contributed by atoms with Crippen molar-refractivity contribution in [3.63, 3.8) is 0 Å². The van der Waals surface area contributed by atoms with Gasteiger partial charge in [-0.3, -0.25) is 4.79 Å². The van der Waals surface area contributed by atoms with E-state index >= 15 is 0 Å². The molecule has 0 aromatic heterocycles. The summed E-state index contributed by atoms with van der Waals surface area (Å²) in [4.78, 5) is 12.6. The summed E-state index contributed by atoms with van der Waals surface area (Å²) in [5.41, 5.74) is 0.583. The number of methoxy groups -OCH3 is 2. The zero-order valence-corrected chi connectivity index (χ0v) is 11.9. The Morgan fingerprint density at radius 1 is 1.16 bits per heavy atom. The Kier molecular flexibility index (Phi) is 3.17. The first kappa shape index (κ1) is 12.8. The van der Waals surface area contributed by atoms with Crippen molar-refractivity contribution in [3.8, 4) is 11.5 Å². The maximum absolute atomic E-state index is 12.6. The van der Waals surface area contributed by atoms with E-state index in [9.17, 15) is 4.79 Å². The van der Waals surface area contributed by atoms with E-state index in [0.717, 1.165) is 24.7 Å². The maximum Gasteiger partial charge on any atom is 0.169 e. The molecule has 2 unspecified atom stereocenters. The summed E-state index contributed by atoms with van der Waals surface area (Å²) in [6, 6.07) is 3.49. The smallest absolute Gasteiger partial charge is 0.169 e. The summed E-state index contributed by atoms with van der Waals surface area (Å²) >= 11 is 6.20. The number of ketones is 1. The predicted octanol–water partition coefficient (Wildman–Crippen LogP) is 3.59. The Bertz CT molecular complexity index is 516. The second-order valence-electron chi connectivity index (χ2n) is 5.45. The fraction of sp³-hybridized carbons (Fsp3) is 0.533. The van der Waals surface area contributed by atoms with Gasteiger partial charge in [0.1, 0.15) is 10.8 Å². The van der Waals surface area contributed by atoms with Gasteiger partial charge in [-0.25, -0.2) is 0 Å². The van der Waals surface area contributed by atoms with Crippen LogP contribution in [0.2, 0.25) is 5.02 Å². The molecule has 2 fully saturated rings. The fourth-order valence-corrected chi connectivity index (χ4v) is 3.56. The summed E-state index contributed by atoms with van der Waals surface area (Å²) < 4.78 is 10.5. The average molecular weight is 281 g/mol. The van der Waals surface area contributed by atoms with E-state index in [0.29, 0.717) is 22.1 Å². The normalized spacial score (nSPS) is 27.8. The van der Waals surface area contributed by atoms with E-state index in [-0.39, 0.29) is 11.7 Å². The van der Waals surface area contributed by atoms with Crippen molar-refractivity contribution in [1.29, 1.82) is 0 Å². The molecule has 3 nitrogen and oxygen atoms in total. The van der Waals surface area contributed by atoms with Crippen molar-refractivity contribution in [2.45, 2.75) is 19.3 Å². The Balaban J connectivity index is 1.91. The molecule has 2 aliphatic carbocycles. The zero-order valence-electron chi connectivity index (χ0n) is 11.1. The molecule has 0 saturated heterocycles. The third kappa shape index (κ3) is 2.10. The van der Waals surface area contributed by atoms with Gasteiger partial charge in [-0.05, 0) is 43.2 Å². The van der Waals surface area contributed by atoms with Gasteiger partial charge in [0.2, 0.25) is 0 Å². The fourth-order valence-electron chi connectivity index (χ4n) is 3.24. The molecule has 2 saturated carbocycles. The van der Waals surface area contributed by atoms with Crippen LogP contribution in [0.15, 0.2) is 12.1 Å². The number of Topliss-reactive ketones (excluding diaryl/α,β-unsaturated/α-hetero) is 1. The lowest BCUT2D eigenvalue weighted by Crippen LogP contribution is -2.14. The monoisotopic (exact) mass is 280 g/mol. The van der Waals surface area contributed by atoms with Crippen LogP contribution in [-0.4, -0.2) is 20.0 Å². The lowest BCUT2D eigenvalue weighted by Gasteiger charge is -2.16. The van der Waals surface area contributed by atoms with Crippen LogP contribution in [0.3, 0.4) is 0 Å². The molecule has 0 bridgehead atoms. The molecule has 1 aromatic carbocycles. The van der Waals surface area contributed by atoms with Gasteiger partial charge < -0.3 is 9.47 Å². The molecular weight excluding hydrogens is 264 g/mol. The number of carbonyl (C=O) groups excluding carboxylic acids is 1. The molecule has 0 radical (unpaired) electrons.